The van der Waals surface area contributed by atoms with E-state index in [-0.39, 0.29) is 11.3 Å². The molecule has 0 fully saturated rings. The van der Waals surface area contributed by atoms with E-state index in [9.17, 15) is 4.39 Å². The van der Waals surface area contributed by atoms with Crippen molar-refractivity contribution < 1.29 is 9.13 Å². The van der Waals surface area contributed by atoms with Crippen molar-refractivity contribution >= 4 is 0 Å². The summed E-state index contributed by atoms with van der Waals surface area (Å²) < 4.78 is 17.3. The number of hydrogen-bond donors (Lipinski definition) is 0. The van der Waals surface area contributed by atoms with Crippen LogP contribution < -0.4 is 4.74 Å². The van der Waals surface area contributed by atoms with Crippen molar-refractivity contribution in [2.45, 2.75) is 0 Å². The summed E-state index contributed by atoms with van der Waals surface area (Å²) >= 11 is 0. The summed E-state index contributed by atoms with van der Waals surface area (Å²) in [4.78, 5) is 3.29. The lowest BCUT2D eigenvalue weighted by Gasteiger charge is -1.99. The normalized spacial score (nSPS) is 8.82. The van der Waals surface area contributed by atoms with Crippen LogP contribution in [0, 0.1) is 17.3 Å². The second-order valence-corrected chi connectivity index (χ2v) is 1.79. The van der Waals surface area contributed by atoms with Crippen molar-refractivity contribution in [1.82, 2.24) is 4.98 Å². The summed E-state index contributed by atoms with van der Waals surface area (Å²) in [6.07, 6.45) is 1.25. The van der Waals surface area contributed by atoms with Crippen LogP contribution in [0.25, 0.3) is 0 Å². The van der Waals surface area contributed by atoms with E-state index in [0.29, 0.717) is 0 Å². The number of pyridine rings is 1. The SMILES string of the molecule is COc1ccnc(F)c1C#N. The molecule has 0 radical (unpaired) electrons. The lowest BCUT2D eigenvalue weighted by atomic mass is 10.3. The van der Waals surface area contributed by atoms with Crippen LogP contribution in [0.15, 0.2) is 12.3 Å². The average molecular weight is 152 g/mol. The Morgan fingerprint density at radius 1 is 1.73 bits per heavy atom. The molecule has 0 saturated carbocycles. The quantitative estimate of drug-likeness (QED) is 0.566. The van der Waals surface area contributed by atoms with Gasteiger partial charge in [0.15, 0.2) is 0 Å². The molecule has 0 unspecified atom stereocenters. The van der Waals surface area contributed by atoms with Crippen molar-refractivity contribution in [3.05, 3.63) is 23.8 Å². The second kappa shape index (κ2) is 2.97. The molecule has 1 heterocycles. The number of hydrogen-bond acceptors (Lipinski definition) is 3. The predicted molar refractivity (Wildman–Crippen MR) is 35.5 cm³/mol. The van der Waals surface area contributed by atoms with Crippen LogP contribution in [0.2, 0.25) is 0 Å². The number of methoxy groups -OCH3 is 1. The molecule has 0 aliphatic rings. The van der Waals surface area contributed by atoms with Gasteiger partial charge < -0.3 is 4.74 Å². The Labute approximate surface area is 63.1 Å². The van der Waals surface area contributed by atoms with Gasteiger partial charge in [-0.25, -0.2) is 4.98 Å². The van der Waals surface area contributed by atoms with Gasteiger partial charge in [0, 0.05) is 12.3 Å². The molecule has 0 N–H and O–H groups in total. The van der Waals surface area contributed by atoms with Crippen molar-refractivity contribution in [2.75, 3.05) is 7.11 Å². The highest BCUT2D eigenvalue weighted by molar-refractivity contribution is 5.40. The summed E-state index contributed by atoms with van der Waals surface area (Å²) in [5, 5.41) is 8.42. The minimum Gasteiger partial charge on any atom is -0.495 e. The molecular weight excluding hydrogens is 147 g/mol. The van der Waals surface area contributed by atoms with Gasteiger partial charge in [-0.05, 0) is 0 Å². The van der Waals surface area contributed by atoms with Crippen molar-refractivity contribution in [2.24, 2.45) is 0 Å². The van der Waals surface area contributed by atoms with Crippen LogP contribution in [0.4, 0.5) is 4.39 Å². The number of nitriles is 1. The zero-order chi connectivity index (χ0) is 8.27. The highest BCUT2D eigenvalue weighted by Gasteiger charge is 2.07. The molecule has 0 atom stereocenters. The molecule has 0 amide bonds. The van der Waals surface area contributed by atoms with Crippen molar-refractivity contribution in [3.63, 3.8) is 0 Å². The smallest absolute Gasteiger partial charge is 0.234 e. The molecule has 0 aromatic carbocycles. The molecular formula is C7H5FN2O. The highest BCUT2D eigenvalue weighted by Crippen LogP contribution is 2.17. The highest BCUT2D eigenvalue weighted by atomic mass is 19.1. The summed E-state index contributed by atoms with van der Waals surface area (Å²) in [6, 6.07) is 3.08. The molecule has 1 aromatic heterocycles. The molecule has 3 nitrogen and oxygen atoms in total. The van der Waals surface area contributed by atoms with Gasteiger partial charge in [-0.15, -0.1) is 0 Å². The monoisotopic (exact) mass is 152 g/mol. The van der Waals surface area contributed by atoms with E-state index < -0.39 is 5.95 Å². The third kappa shape index (κ3) is 1.27. The minimum atomic E-state index is -0.799. The Balaban J connectivity index is 3.27. The topological polar surface area (TPSA) is 45.9 Å². The number of ether oxygens (including phenoxy) is 1. The molecule has 0 aliphatic carbocycles. The standard InChI is InChI=1S/C7H5FN2O/c1-11-6-2-3-10-7(8)5(6)4-9/h2-3H,1H3. The summed E-state index contributed by atoms with van der Waals surface area (Å²) in [5.41, 5.74) is -0.157. The van der Waals surface area contributed by atoms with E-state index in [1.54, 1.807) is 6.07 Å². The molecule has 56 valence electrons. The fourth-order valence-electron chi connectivity index (χ4n) is 0.691. The van der Waals surface area contributed by atoms with Crippen LogP contribution in [0.1, 0.15) is 5.56 Å². The first-order valence-electron chi connectivity index (χ1n) is 2.88. The van der Waals surface area contributed by atoms with Crippen LogP contribution >= 0.6 is 0 Å². The Hall–Kier alpha value is -1.63. The van der Waals surface area contributed by atoms with Crippen molar-refractivity contribution in [3.8, 4) is 11.8 Å². The van der Waals surface area contributed by atoms with Crippen LogP contribution in [-0.4, -0.2) is 12.1 Å². The molecule has 4 heteroatoms. The maximum atomic E-state index is 12.6. The van der Waals surface area contributed by atoms with Crippen LogP contribution in [-0.2, 0) is 0 Å². The van der Waals surface area contributed by atoms with Gasteiger partial charge in [0.1, 0.15) is 17.4 Å². The van der Waals surface area contributed by atoms with E-state index in [1.165, 1.54) is 19.4 Å². The molecule has 11 heavy (non-hydrogen) atoms. The van der Waals surface area contributed by atoms with Gasteiger partial charge in [-0.3, -0.25) is 0 Å². The minimum absolute atomic E-state index is 0.157. The average Bonchev–Trinajstić information content (AvgIpc) is 2.04. The maximum absolute atomic E-state index is 12.6. The fourth-order valence-corrected chi connectivity index (χ4v) is 0.691. The zero-order valence-electron chi connectivity index (χ0n) is 5.84. The molecule has 1 aromatic rings. The first-order chi connectivity index (χ1) is 5.29. The zero-order valence-corrected chi connectivity index (χ0v) is 5.84. The largest absolute Gasteiger partial charge is 0.495 e. The summed E-state index contributed by atoms with van der Waals surface area (Å²) in [5.74, 6) is -0.591. The van der Waals surface area contributed by atoms with Gasteiger partial charge in [-0.2, -0.15) is 9.65 Å². The van der Waals surface area contributed by atoms with Gasteiger partial charge in [0.05, 0.1) is 7.11 Å². The molecule has 0 saturated heterocycles. The lowest BCUT2D eigenvalue weighted by molar-refractivity contribution is 0.407. The van der Waals surface area contributed by atoms with Crippen molar-refractivity contribution in [1.29, 1.82) is 5.26 Å². The first-order valence-corrected chi connectivity index (χ1v) is 2.88. The molecule has 0 aliphatic heterocycles. The van der Waals surface area contributed by atoms with E-state index in [2.05, 4.69) is 4.98 Å². The summed E-state index contributed by atoms with van der Waals surface area (Å²) in [7, 11) is 1.37. The number of aromatic nitrogens is 1. The van der Waals surface area contributed by atoms with Gasteiger partial charge in [0.2, 0.25) is 5.95 Å². The van der Waals surface area contributed by atoms with Gasteiger partial charge in [0.25, 0.3) is 0 Å². The van der Waals surface area contributed by atoms with E-state index in [1.807, 2.05) is 0 Å². The molecule has 0 spiro atoms. The second-order valence-electron chi connectivity index (χ2n) is 1.79. The van der Waals surface area contributed by atoms with E-state index >= 15 is 0 Å². The first kappa shape index (κ1) is 7.48. The molecule has 0 bridgehead atoms. The lowest BCUT2D eigenvalue weighted by Crippen LogP contribution is -1.93. The Morgan fingerprint density at radius 2 is 2.45 bits per heavy atom. The molecule has 1 rings (SSSR count). The van der Waals surface area contributed by atoms with Crippen LogP contribution in [0.5, 0.6) is 5.75 Å². The summed E-state index contributed by atoms with van der Waals surface area (Å²) in [6.45, 7) is 0. The van der Waals surface area contributed by atoms with Gasteiger partial charge in [-0.1, -0.05) is 0 Å². The number of halogens is 1. The van der Waals surface area contributed by atoms with Gasteiger partial charge >= 0.3 is 0 Å². The third-order valence-corrected chi connectivity index (χ3v) is 1.20. The Bertz CT molecular complexity index is 306. The van der Waals surface area contributed by atoms with E-state index in [0.717, 1.165) is 0 Å². The Morgan fingerprint density at radius 3 is 2.91 bits per heavy atom. The number of nitrogens with zero attached hydrogens (tertiary/aromatic N) is 2. The third-order valence-electron chi connectivity index (χ3n) is 1.20. The Kier molecular flexibility index (Phi) is 2.02. The number of rotatable bonds is 1. The van der Waals surface area contributed by atoms with Crippen LogP contribution in [0.3, 0.4) is 0 Å². The fraction of sp³-hybridized carbons (Fsp3) is 0.143. The predicted octanol–water partition coefficient (Wildman–Crippen LogP) is 1.10. The van der Waals surface area contributed by atoms with E-state index in [4.69, 9.17) is 10.00 Å². The maximum Gasteiger partial charge on any atom is 0.234 e.